The Bertz CT molecular complexity index is 371. The summed E-state index contributed by atoms with van der Waals surface area (Å²) < 4.78 is 0.901. The minimum atomic E-state index is 0.0580. The molecule has 0 bridgehead atoms. The van der Waals surface area contributed by atoms with Gasteiger partial charge in [0.1, 0.15) is 4.88 Å². The molecule has 0 unspecified atom stereocenters. The maximum Gasteiger partial charge on any atom is 0.262 e. The van der Waals surface area contributed by atoms with Crippen molar-refractivity contribution in [2.24, 2.45) is 5.92 Å². The number of carbonyl (C=O) groups excluding carboxylic acids is 1. The quantitative estimate of drug-likeness (QED) is 0.886. The van der Waals surface area contributed by atoms with Gasteiger partial charge in [0.2, 0.25) is 0 Å². The molecule has 0 radical (unpaired) electrons. The van der Waals surface area contributed by atoms with Gasteiger partial charge in [0.05, 0.1) is 0 Å². The molecule has 0 saturated heterocycles. The molecule has 1 aliphatic rings. The van der Waals surface area contributed by atoms with Crippen molar-refractivity contribution in [1.82, 2.24) is 5.32 Å². The molecule has 1 fully saturated rings. The van der Waals surface area contributed by atoms with E-state index in [4.69, 9.17) is 0 Å². The Morgan fingerprint density at radius 3 is 2.82 bits per heavy atom. The molecule has 0 spiro atoms. The lowest BCUT2D eigenvalue weighted by atomic mass is 9.87. The summed E-state index contributed by atoms with van der Waals surface area (Å²) in [5.41, 5.74) is 0. The predicted molar refractivity (Wildman–Crippen MR) is 75.5 cm³/mol. The maximum absolute atomic E-state index is 11.8. The van der Waals surface area contributed by atoms with E-state index < -0.39 is 0 Å². The first-order valence-corrected chi connectivity index (χ1v) is 7.96. The molecule has 1 heterocycles. The van der Waals surface area contributed by atoms with Crippen molar-refractivity contribution in [3.05, 3.63) is 20.8 Å². The molecule has 94 valence electrons. The fourth-order valence-corrected chi connectivity index (χ4v) is 3.87. The summed E-state index contributed by atoms with van der Waals surface area (Å²) in [6.45, 7) is 0.813. The monoisotopic (exact) mass is 315 g/mol. The van der Waals surface area contributed by atoms with E-state index in [1.165, 1.54) is 43.4 Å². The summed E-state index contributed by atoms with van der Waals surface area (Å²) in [6, 6.07) is 1.92. The molecule has 1 N–H and O–H groups in total. The highest BCUT2D eigenvalue weighted by atomic mass is 79.9. The molecule has 1 saturated carbocycles. The van der Waals surface area contributed by atoms with Gasteiger partial charge in [-0.2, -0.15) is 0 Å². The molecule has 0 aliphatic heterocycles. The number of hydrogen-bond acceptors (Lipinski definition) is 2. The third-order valence-corrected chi connectivity index (χ3v) is 5.22. The van der Waals surface area contributed by atoms with E-state index in [9.17, 15) is 4.79 Å². The van der Waals surface area contributed by atoms with Gasteiger partial charge in [-0.1, -0.05) is 32.1 Å². The molecule has 1 aromatic heterocycles. The molecular weight excluding hydrogens is 298 g/mol. The summed E-state index contributed by atoms with van der Waals surface area (Å²) in [5, 5.41) is 4.95. The van der Waals surface area contributed by atoms with Crippen LogP contribution in [0.5, 0.6) is 0 Å². The minimum absolute atomic E-state index is 0.0580. The predicted octanol–water partition coefficient (Wildman–Crippen LogP) is 4.21. The normalized spacial score (nSPS) is 17.0. The van der Waals surface area contributed by atoms with Crippen molar-refractivity contribution in [3.63, 3.8) is 0 Å². The fraction of sp³-hybridized carbons (Fsp3) is 0.615. The number of thiophene rings is 1. The SMILES string of the molecule is O=C(NCCC1CCCCC1)c1sccc1Br. The van der Waals surface area contributed by atoms with Crippen LogP contribution in [0.3, 0.4) is 0 Å². The average molecular weight is 316 g/mol. The standard InChI is InChI=1S/C13H18BrNOS/c14-11-7-9-17-12(11)13(16)15-8-6-10-4-2-1-3-5-10/h7,9-10H,1-6,8H2,(H,15,16). The zero-order chi connectivity index (χ0) is 12.1. The van der Waals surface area contributed by atoms with Crippen LogP contribution in [-0.2, 0) is 0 Å². The summed E-state index contributed by atoms with van der Waals surface area (Å²) in [4.78, 5) is 12.6. The Morgan fingerprint density at radius 1 is 1.41 bits per heavy atom. The van der Waals surface area contributed by atoms with Gasteiger partial charge in [0.25, 0.3) is 5.91 Å². The molecule has 1 amide bonds. The first-order chi connectivity index (χ1) is 8.27. The van der Waals surface area contributed by atoms with Gasteiger partial charge >= 0.3 is 0 Å². The molecule has 0 atom stereocenters. The minimum Gasteiger partial charge on any atom is -0.351 e. The summed E-state index contributed by atoms with van der Waals surface area (Å²) in [6.07, 6.45) is 7.96. The largest absolute Gasteiger partial charge is 0.351 e. The number of halogens is 1. The van der Waals surface area contributed by atoms with E-state index in [1.807, 2.05) is 11.4 Å². The van der Waals surface area contributed by atoms with Crippen LogP contribution in [-0.4, -0.2) is 12.5 Å². The molecule has 1 aromatic rings. The van der Waals surface area contributed by atoms with Crippen molar-refractivity contribution < 1.29 is 4.79 Å². The third-order valence-electron chi connectivity index (χ3n) is 3.39. The zero-order valence-corrected chi connectivity index (χ0v) is 12.3. The maximum atomic E-state index is 11.8. The smallest absolute Gasteiger partial charge is 0.262 e. The van der Waals surface area contributed by atoms with Crippen LogP contribution in [0.25, 0.3) is 0 Å². The topological polar surface area (TPSA) is 29.1 Å². The Kier molecular flexibility index (Phi) is 5.04. The van der Waals surface area contributed by atoms with Crippen molar-refractivity contribution in [2.45, 2.75) is 38.5 Å². The summed E-state index contributed by atoms with van der Waals surface area (Å²) >= 11 is 4.87. The molecule has 1 aliphatic carbocycles. The lowest BCUT2D eigenvalue weighted by Gasteiger charge is -2.21. The van der Waals surface area contributed by atoms with Crippen molar-refractivity contribution >= 4 is 33.2 Å². The summed E-state index contributed by atoms with van der Waals surface area (Å²) in [5.74, 6) is 0.888. The number of nitrogens with one attached hydrogen (secondary N) is 1. The third kappa shape index (κ3) is 3.81. The highest BCUT2D eigenvalue weighted by Crippen LogP contribution is 2.26. The van der Waals surface area contributed by atoms with Gasteiger partial charge < -0.3 is 5.32 Å². The first-order valence-electron chi connectivity index (χ1n) is 6.28. The van der Waals surface area contributed by atoms with Crippen LogP contribution in [0.4, 0.5) is 0 Å². The second-order valence-electron chi connectivity index (χ2n) is 4.65. The van der Waals surface area contributed by atoms with E-state index in [1.54, 1.807) is 0 Å². The van der Waals surface area contributed by atoms with Crippen LogP contribution in [0.1, 0.15) is 48.2 Å². The number of carbonyl (C=O) groups is 1. The Labute approximate surface area is 115 Å². The van der Waals surface area contributed by atoms with E-state index in [0.29, 0.717) is 0 Å². The van der Waals surface area contributed by atoms with Gasteiger partial charge in [0.15, 0.2) is 0 Å². The van der Waals surface area contributed by atoms with Crippen molar-refractivity contribution in [2.75, 3.05) is 6.54 Å². The van der Waals surface area contributed by atoms with Crippen LogP contribution in [0, 0.1) is 5.92 Å². The second-order valence-corrected chi connectivity index (χ2v) is 6.42. The first kappa shape index (κ1) is 13.1. The van der Waals surface area contributed by atoms with Crippen LogP contribution < -0.4 is 5.32 Å². The van der Waals surface area contributed by atoms with E-state index >= 15 is 0 Å². The summed E-state index contributed by atoms with van der Waals surface area (Å²) in [7, 11) is 0. The highest BCUT2D eigenvalue weighted by molar-refractivity contribution is 9.10. The Hall–Kier alpha value is -0.350. The number of rotatable bonds is 4. The molecule has 17 heavy (non-hydrogen) atoms. The molecule has 0 aromatic carbocycles. The van der Waals surface area contributed by atoms with Crippen LogP contribution >= 0.6 is 27.3 Å². The van der Waals surface area contributed by atoms with Gasteiger partial charge in [0, 0.05) is 11.0 Å². The zero-order valence-electron chi connectivity index (χ0n) is 9.88. The van der Waals surface area contributed by atoms with Crippen molar-refractivity contribution in [1.29, 1.82) is 0 Å². The molecule has 2 nitrogen and oxygen atoms in total. The average Bonchev–Trinajstić information content (AvgIpc) is 2.77. The van der Waals surface area contributed by atoms with Gasteiger partial charge in [-0.15, -0.1) is 11.3 Å². The van der Waals surface area contributed by atoms with Crippen LogP contribution in [0.2, 0.25) is 0 Å². The number of amides is 1. The fourth-order valence-electron chi connectivity index (χ4n) is 2.40. The van der Waals surface area contributed by atoms with E-state index in [-0.39, 0.29) is 5.91 Å². The lowest BCUT2D eigenvalue weighted by molar-refractivity contribution is 0.0953. The molecule has 2 rings (SSSR count). The van der Waals surface area contributed by atoms with Crippen LogP contribution in [0.15, 0.2) is 15.9 Å². The Balaban J connectivity index is 1.71. The molecular formula is C13H18BrNOS. The van der Waals surface area contributed by atoms with E-state index in [0.717, 1.165) is 28.2 Å². The highest BCUT2D eigenvalue weighted by Gasteiger charge is 2.14. The Morgan fingerprint density at radius 2 is 2.18 bits per heavy atom. The van der Waals surface area contributed by atoms with Gasteiger partial charge in [-0.25, -0.2) is 0 Å². The lowest BCUT2D eigenvalue weighted by Crippen LogP contribution is -2.25. The van der Waals surface area contributed by atoms with Crippen molar-refractivity contribution in [3.8, 4) is 0 Å². The van der Waals surface area contributed by atoms with Gasteiger partial charge in [-0.05, 0) is 39.7 Å². The second kappa shape index (κ2) is 6.55. The van der Waals surface area contributed by atoms with Gasteiger partial charge in [-0.3, -0.25) is 4.79 Å². The van der Waals surface area contributed by atoms with E-state index in [2.05, 4.69) is 21.2 Å². The molecule has 4 heteroatoms. The number of hydrogen-bond donors (Lipinski definition) is 1.